The predicted molar refractivity (Wildman–Crippen MR) is 93.1 cm³/mol. The summed E-state index contributed by atoms with van der Waals surface area (Å²) in [5.74, 6) is 0.00829. The number of para-hydroxylation sites is 1. The first-order chi connectivity index (χ1) is 10.4. The van der Waals surface area contributed by atoms with Gasteiger partial charge < -0.3 is 5.32 Å². The Bertz CT molecular complexity index is 797. The van der Waals surface area contributed by atoms with Crippen molar-refractivity contribution in [2.24, 2.45) is 5.41 Å². The van der Waals surface area contributed by atoms with Crippen molar-refractivity contribution in [2.45, 2.75) is 20.8 Å². The van der Waals surface area contributed by atoms with Crippen LogP contribution >= 0.6 is 11.3 Å². The van der Waals surface area contributed by atoms with E-state index in [4.69, 9.17) is 0 Å². The van der Waals surface area contributed by atoms with E-state index in [0.717, 1.165) is 21.8 Å². The van der Waals surface area contributed by atoms with E-state index >= 15 is 0 Å². The third-order valence-corrected chi connectivity index (χ3v) is 4.43. The highest BCUT2D eigenvalue weighted by molar-refractivity contribution is 7.21. The van der Waals surface area contributed by atoms with E-state index in [1.807, 2.05) is 63.2 Å². The molecule has 0 atom stereocenters. The highest BCUT2D eigenvalue weighted by atomic mass is 32.1. The van der Waals surface area contributed by atoms with E-state index in [0.29, 0.717) is 0 Å². The summed E-state index contributed by atoms with van der Waals surface area (Å²) in [4.78, 5) is 16.8. The van der Waals surface area contributed by atoms with E-state index < -0.39 is 5.41 Å². The minimum atomic E-state index is -0.411. The average molecular weight is 310 g/mol. The molecule has 0 unspecified atom stereocenters. The summed E-state index contributed by atoms with van der Waals surface area (Å²) in [6.07, 6.45) is 0. The van der Waals surface area contributed by atoms with Gasteiger partial charge in [0.25, 0.3) is 0 Å². The number of thiazole rings is 1. The summed E-state index contributed by atoms with van der Waals surface area (Å²) >= 11 is 1.66. The zero-order valence-corrected chi connectivity index (χ0v) is 13.7. The summed E-state index contributed by atoms with van der Waals surface area (Å²) in [6, 6.07) is 15.9. The van der Waals surface area contributed by atoms with Crippen LogP contribution < -0.4 is 5.32 Å². The smallest absolute Gasteiger partial charge is 0.229 e. The SMILES string of the molecule is CC(C)(C)C(=O)Nc1cccc(-c2nc3ccccc3s2)c1. The second-order valence-corrected chi connectivity index (χ2v) is 7.30. The van der Waals surface area contributed by atoms with Crippen molar-refractivity contribution >= 4 is 33.1 Å². The lowest BCUT2D eigenvalue weighted by Gasteiger charge is -2.17. The van der Waals surface area contributed by atoms with Gasteiger partial charge in [0.1, 0.15) is 5.01 Å². The third-order valence-electron chi connectivity index (χ3n) is 3.34. The maximum absolute atomic E-state index is 12.1. The van der Waals surface area contributed by atoms with Gasteiger partial charge in [0, 0.05) is 16.7 Å². The molecule has 0 bridgehead atoms. The van der Waals surface area contributed by atoms with Gasteiger partial charge >= 0.3 is 0 Å². The van der Waals surface area contributed by atoms with Crippen molar-refractivity contribution in [3.8, 4) is 10.6 Å². The van der Waals surface area contributed by atoms with Crippen molar-refractivity contribution < 1.29 is 4.79 Å². The van der Waals surface area contributed by atoms with Gasteiger partial charge in [-0.2, -0.15) is 0 Å². The van der Waals surface area contributed by atoms with Crippen LogP contribution in [0.1, 0.15) is 20.8 Å². The summed E-state index contributed by atoms with van der Waals surface area (Å²) in [5.41, 5.74) is 2.42. The van der Waals surface area contributed by atoms with Crippen LogP contribution in [0.15, 0.2) is 48.5 Å². The predicted octanol–water partition coefficient (Wildman–Crippen LogP) is 4.95. The molecular formula is C18H18N2OS. The molecular weight excluding hydrogens is 292 g/mol. The molecule has 1 heterocycles. The number of anilines is 1. The number of amides is 1. The Hall–Kier alpha value is -2.20. The molecule has 4 heteroatoms. The molecule has 1 aromatic heterocycles. The molecule has 22 heavy (non-hydrogen) atoms. The molecule has 3 aromatic rings. The van der Waals surface area contributed by atoms with E-state index in [2.05, 4.69) is 16.4 Å². The van der Waals surface area contributed by atoms with Gasteiger partial charge in [-0.05, 0) is 24.3 Å². The number of fused-ring (bicyclic) bond motifs is 1. The van der Waals surface area contributed by atoms with Crippen LogP contribution in [0, 0.1) is 5.41 Å². The third kappa shape index (κ3) is 3.02. The second-order valence-electron chi connectivity index (χ2n) is 6.27. The maximum atomic E-state index is 12.1. The van der Waals surface area contributed by atoms with Gasteiger partial charge in [0.05, 0.1) is 10.2 Å². The summed E-state index contributed by atoms with van der Waals surface area (Å²) in [7, 11) is 0. The quantitative estimate of drug-likeness (QED) is 0.728. The first-order valence-corrected chi connectivity index (χ1v) is 8.02. The number of nitrogens with zero attached hydrogens (tertiary/aromatic N) is 1. The summed E-state index contributed by atoms with van der Waals surface area (Å²) < 4.78 is 1.17. The first kappa shape index (κ1) is 14.7. The minimum Gasteiger partial charge on any atom is -0.326 e. The van der Waals surface area contributed by atoms with Gasteiger partial charge in [-0.25, -0.2) is 4.98 Å². The second kappa shape index (κ2) is 5.54. The lowest BCUT2D eigenvalue weighted by Crippen LogP contribution is -2.27. The number of carbonyl (C=O) groups is 1. The lowest BCUT2D eigenvalue weighted by atomic mass is 9.95. The highest BCUT2D eigenvalue weighted by Crippen LogP contribution is 2.31. The number of benzene rings is 2. The van der Waals surface area contributed by atoms with Gasteiger partial charge in [0.15, 0.2) is 0 Å². The van der Waals surface area contributed by atoms with Crippen LogP contribution in [0.5, 0.6) is 0 Å². The molecule has 3 rings (SSSR count). The Labute approximate surface area is 134 Å². The Morgan fingerprint density at radius 2 is 1.86 bits per heavy atom. The molecule has 0 saturated carbocycles. The fourth-order valence-electron chi connectivity index (χ4n) is 2.04. The molecule has 0 aliphatic rings. The number of aromatic nitrogens is 1. The molecule has 0 aliphatic heterocycles. The largest absolute Gasteiger partial charge is 0.326 e. The highest BCUT2D eigenvalue weighted by Gasteiger charge is 2.21. The summed E-state index contributed by atoms with van der Waals surface area (Å²) in [5, 5.41) is 3.93. The van der Waals surface area contributed by atoms with Crippen molar-refractivity contribution in [1.29, 1.82) is 0 Å². The fourth-order valence-corrected chi connectivity index (χ4v) is 3.01. The van der Waals surface area contributed by atoms with E-state index in [1.165, 1.54) is 4.70 Å². The minimum absolute atomic E-state index is 0.00829. The van der Waals surface area contributed by atoms with Crippen LogP contribution in [0.25, 0.3) is 20.8 Å². The van der Waals surface area contributed by atoms with Crippen LogP contribution in [-0.2, 0) is 4.79 Å². The molecule has 1 amide bonds. The maximum Gasteiger partial charge on any atom is 0.229 e. The van der Waals surface area contributed by atoms with Crippen LogP contribution in [0.3, 0.4) is 0 Å². The normalized spacial score (nSPS) is 11.6. The van der Waals surface area contributed by atoms with E-state index in [-0.39, 0.29) is 5.91 Å². The zero-order chi connectivity index (χ0) is 15.7. The Morgan fingerprint density at radius 3 is 2.59 bits per heavy atom. The molecule has 3 nitrogen and oxygen atoms in total. The van der Waals surface area contributed by atoms with Crippen molar-refractivity contribution in [2.75, 3.05) is 5.32 Å². The standard InChI is InChI=1S/C18H18N2OS/c1-18(2,3)17(21)19-13-8-6-7-12(11-13)16-20-14-9-4-5-10-15(14)22-16/h4-11H,1-3H3,(H,19,21). The number of rotatable bonds is 2. The van der Waals surface area contributed by atoms with E-state index in [1.54, 1.807) is 11.3 Å². The molecule has 2 aromatic carbocycles. The van der Waals surface area contributed by atoms with Crippen molar-refractivity contribution in [1.82, 2.24) is 4.98 Å². The fraction of sp³-hybridized carbons (Fsp3) is 0.222. The molecule has 0 spiro atoms. The van der Waals surface area contributed by atoms with Gasteiger partial charge in [-0.3, -0.25) is 4.79 Å². The van der Waals surface area contributed by atoms with Gasteiger partial charge in [0.2, 0.25) is 5.91 Å². The van der Waals surface area contributed by atoms with Crippen LogP contribution in [0.2, 0.25) is 0 Å². The summed E-state index contributed by atoms with van der Waals surface area (Å²) in [6.45, 7) is 5.71. The molecule has 0 saturated heterocycles. The van der Waals surface area contributed by atoms with Gasteiger partial charge in [-0.1, -0.05) is 45.0 Å². The molecule has 0 fully saturated rings. The number of hydrogen-bond donors (Lipinski definition) is 1. The number of nitrogens with one attached hydrogen (secondary N) is 1. The molecule has 112 valence electrons. The lowest BCUT2D eigenvalue weighted by molar-refractivity contribution is -0.123. The first-order valence-electron chi connectivity index (χ1n) is 7.21. The molecule has 0 aliphatic carbocycles. The van der Waals surface area contributed by atoms with Crippen molar-refractivity contribution in [3.63, 3.8) is 0 Å². The Morgan fingerprint density at radius 1 is 1.09 bits per heavy atom. The van der Waals surface area contributed by atoms with Gasteiger partial charge in [-0.15, -0.1) is 11.3 Å². The topological polar surface area (TPSA) is 42.0 Å². The number of hydrogen-bond acceptors (Lipinski definition) is 3. The van der Waals surface area contributed by atoms with Crippen LogP contribution in [0.4, 0.5) is 5.69 Å². The van der Waals surface area contributed by atoms with Crippen molar-refractivity contribution in [3.05, 3.63) is 48.5 Å². The Balaban J connectivity index is 1.92. The molecule has 1 N–H and O–H groups in total. The average Bonchev–Trinajstić information content (AvgIpc) is 2.90. The van der Waals surface area contributed by atoms with Crippen LogP contribution in [-0.4, -0.2) is 10.9 Å². The Kier molecular flexibility index (Phi) is 3.71. The number of carbonyl (C=O) groups excluding carboxylic acids is 1. The monoisotopic (exact) mass is 310 g/mol. The molecule has 0 radical (unpaired) electrons. The van der Waals surface area contributed by atoms with E-state index in [9.17, 15) is 4.79 Å². The zero-order valence-electron chi connectivity index (χ0n) is 12.9.